The average Bonchev–Trinajstić information content (AvgIpc) is 2.79. The Kier molecular flexibility index (Phi) is 4.33. The Hall–Kier alpha value is -1.96. The van der Waals surface area contributed by atoms with Gasteiger partial charge in [-0.15, -0.1) is 0 Å². The van der Waals surface area contributed by atoms with Crippen LogP contribution in [0.4, 0.5) is 15.8 Å². The van der Waals surface area contributed by atoms with E-state index in [9.17, 15) is 14.5 Å². The zero-order valence-corrected chi connectivity index (χ0v) is 12.2. The summed E-state index contributed by atoms with van der Waals surface area (Å²) in [7, 11) is 1.81. The number of anilines is 1. The summed E-state index contributed by atoms with van der Waals surface area (Å²) < 4.78 is 15.2. The van der Waals surface area contributed by atoms with Gasteiger partial charge in [-0.1, -0.05) is 0 Å². The van der Waals surface area contributed by atoms with Crippen molar-refractivity contribution in [3.8, 4) is 0 Å². The van der Waals surface area contributed by atoms with Crippen molar-refractivity contribution >= 4 is 27.3 Å². The normalized spacial score (nSPS) is 10.6. The zero-order valence-electron chi connectivity index (χ0n) is 10.6. The summed E-state index contributed by atoms with van der Waals surface area (Å²) >= 11 is 2.94. The monoisotopic (exact) mass is 342 g/mol. The van der Waals surface area contributed by atoms with Crippen molar-refractivity contribution in [1.29, 1.82) is 0 Å². The van der Waals surface area contributed by atoms with Crippen LogP contribution < -0.4 is 5.32 Å². The molecule has 1 aromatic carbocycles. The quantitative estimate of drug-likeness (QED) is 0.669. The lowest BCUT2D eigenvalue weighted by Gasteiger charge is -2.07. The molecular formula is C12H12BrFN4O2. The molecule has 0 unspecified atom stereocenters. The van der Waals surface area contributed by atoms with Crippen molar-refractivity contribution in [1.82, 2.24) is 9.78 Å². The van der Waals surface area contributed by atoms with E-state index in [0.29, 0.717) is 13.0 Å². The Bertz CT molecular complexity index is 644. The lowest BCUT2D eigenvalue weighted by Crippen LogP contribution is -2.07. The molecule has 20 heavy (non-hydrogen) atoms. The predicted molar refractivity (Wildman–Crippen MR) is 76.2 cm³/mol. The van der Waals surface area contributed by atoms with Crippen LogP contribution in [0, 0.1) is 15.9 Å². The third-order valence-electron chi connectivity index (χ3n) is 2.72. The summed E-state index contributed by atoms with van der Waals surface area (Å²) in [5.41, 5.74) is 1.00. The van der Waals surface area contributed by atoms with Gasteiger partial charge in [0, 0.05) is 31.9 Å². The topological polar surface area (TPSA) is 73.0 Å². The van der Waals surface area contributed by atoms with Crippen molar-refractivity contribution in [2.45, 2.75) is 6.42 Å². The van der Waals surface area contributed by atoms with Gasteiger partial charge in [0.05, 0.1) is 15.6 Å². The van der Waals surface area contributed by atoms with Crippen molar-refractivity contribution in [2.75, 3.05) is 11.9 Å². The van der Waals surface area contributed by atoms with Crippen LogP contribution in [0.25, 0.3) is 0 Å². The maximum atomic E-state index is 13.5. The van der Waals surface area contributed by atoms with Crippen LogP contribution in [-0.4, -0.2) is 21.2 Å². The Morgan fingerprint density at radius 1 is 1.55 bits per heavy atom. The van der Waals surface area contributed by atoms with Crippen molar-refractivity contribution in [3.05, 3.63) is 50.5 Å². The minimum Gasteiger partial charge on any atom is -0.379 e. The number of aryl methyl sites for hydroxylation is 1. The molecule has 6 nitrogen and oxygen atoms in total. The third kappa shape index (κ3) is 3.32. The first-order valence-electron chi connectivity index (χ1n) is 5.82. The van der Waals surface area contributed by atoms with Gasteiger partial charge in [-0.05, 0) is 27.9 Å². The predicted octanol–water partition coefficient (Wildman–Crippen LogP) is 2.88. The van der Waals surface area contributed by atoms with Crippen LogP contribution in [-0.2, 0) is 13.5 Å². The second-order valence-corrected chi connectivity index (χ2v) is 5.09. The van der Waals surface area contributed by atoms with Crippen LogP contribution in [0.15, 0.2) is 29.0 Å². The highest BCUT2D eigenvalue weighted by atomic mass is 79.9. The number of benzene rings is 1. The molecule has 0 aliphatic heterocycles. The summed E-state index contributed by atoms with van der Waals surface area (Å²) in [6.07, 6.45) is 4.22. The molecule has 0 aliphatic rings. The molecule has 106 valence electrons. The van der Waals surface area contributed by atoms with Gasteiger partial charge in [-0.2, -0.15) is 5.10 Å². The van der Waals surface area contributed by atoms with Gasteiger partial charge in [0.15, 0.2) is 0 Å². The molecule has 0 fully saturated rings. The number of nitrogens with zero attached hydrogens (tertiary/aromatic N) is 3. The van der Waals surface area contributed by atoms with E-state index in [4.69, 9.17) is 0 Å². The van der Waals surface area contributed by atoms with Crippen LogP contribution in [0.3, 0.4) is 0 Å². The molecule has 0 bridgehead atoms. The molecule has 0 saturated carbocycles. The fraction of sp³-hybridized carbons (Fsp3) is 0.250. The summed E-state index contributed by atoms with van der Waals surface area (Å²) in [4.78, 5) is 10.4. The number of rotatable bonds is 5. The van der Waals surface area contributed by atoms with Crippen molar-refractivity contribution in [2.24, 2.45) is 7.05 Å². The number of nitro benzene ring substituents is 1. The number of hydrogen-bond acceptors (Lipinski definition) is 4. The zero-order chi connectivity index (χ0) is 14.7. The van der Waals surface area contributed by atoms with Crippen molar-refractivity contribution in [3.63, 3.8) is 0 Å². The molecular weight excluding hydrogens is 331 g/mol. The molecule has 2 rings (SSSR count). The van der Waals surface area contributed by atoms with Gasteiger partial charge in [0.2, 0.25) is 0 Å². The number of aromatic nitrogens is 2. The molecule has 1 heterocycles. The number of nitrogens with one attached hydrogen (secondary N) is 1. The van der Waals surface area contributed by atoms with Crippen LogP contribution in [0.1, 0.15) is 5.56 Å². The minimum absolute atomic E-state index is 0.0713. The largest absolute Gasteiger partial charge is 0.379 e. The van der Waals surface area contributed by atoms with E-state index in [1.165, 1.54) is 0 Å². The summed E-state index contributed by atoms with van der Waals surface area (Å²) in [5, 5.41) is 17.8. The molecule has 0 atom stereocenters. The second kappa shape index (κ2) is 6.00. The number of halogens is 2. The Morgan fingerprint density at radius 2 is 2.30 bits per heavy atom. The number of hydrogen-bond donors (Lipinski definition) is 1. The first kappa shape index (κ1) is 14.4. The molecule has 1 N–H and O–H groups in total. The first-order chi connectivity index (χ1) is 9.47. The Morgan fingerprint density at radius 3 is 2.90 bits per heavy atom. The highest BCUT2D eigenvalue weighted by molar-refractivity contribution is 9.10. The maximum Gasteiger partial charge on any atom is 0.293 e. The highest BCUT2D eigenvalue weighted by Gasteiger charge is 2.17. The molecule has 0 radical (unpaired) electrons. The van der Waals surface area contributed by atoms with E-state index in [1.54, 1.807) is 10.9 Å². The summed E-state index contributed by atoms with van der Waals surface area (Å²) in [6.45, 7) is 0.452. The molecule has 8 heteroatoms. The van der Waals surface area contributed by atoms with E-state index in [1.807, 2.05) is 13.2 Å². The molecule has 0 spiro atoms. The van der Waals surface area contributed by atoms with Gasteiger partial charge in [-0.25, -0.2) is 4.39 Å². The standard InChI is InChI=1S/C12H12BrFN4O2/c1-17-7-8(6-16-17)2-3-15-11-5-10(14)9(13)4-12(11)18(19)20/h4-7,15H,2-3H2,1H3. The van der Waals surface area contributed by atoms with Crippen LogP contribution >= 0.6 is 15.9 Å². The van der Waals surface area contributed by atoms with E-state index in [0.717, 1.165) is 17.7 Å². The second-order valence-electron chi connectivity index (χ2n) is 4.24. The van der Waals surface area contributed by atoms with Crippen molar-refractivity contribution < 1.29 is 9.31 Å². The van der Waals surface area contributed by atoms with E-state index < -0.39 is 10.7 Å². The van der Waals surface area contributed by atoms with Gasteiger partial charge in [-0.3, -0.25) is 14.8 Å². The van der Waals surface area contributed by atoms with E-state index >= 15 is 0 Å². The molecule has 1 aromatic heterocycles. The maximum absolute atomic E-state index is 13.5. The van der Waals surface area contributed by atoms with E-state index in [-0.39, 0.29) is 15.8 Å². The Balaban J connectivity index is 2.08. The van der Waals surface area contributed by atoms with Gasteiger partial charge < -0.3 is 5.32 Å². The fourth-order valence-electron chi connectivity index (χ4n) is 1.77. The highest BCUT2D eigenvalue weighted by Crippen LogP contribution is 2.30. The SMILES string of the molecule is Cn1cc(CCNc2cc(F)c(Br)cc2[N+](=O)[O-])cn1. The molecule has 2 aromatic rings. The lowest BCUT2D eigenvalue weighted by atomic mass is 10.2. The van der Waals surface area contributed by atoms with E-state index in [2.05, 4.69) is 26.3 Å². The lowest BCUT2D eigenvalue weighted by molar-refractivity contribution is -0.384. The molecule has 0 amide bonds. The fourth-order valence-corrected chi connectivity index (χ4v) is 2.10. The average molecular weight is 343 g/mol. The summed E-state index contributed by atoms with van der Waals surface area (Å²) in [6, 6.07) is 2.27. The first-order valence-corrected chi connectivity index (χ1v) is 6.61. The summed E-state index contributed by atoms with van der Waals surface area (Å²) in [5.74, 6) is -0.542. The van der Waals surface area contributed by atoms with Crippen LogP contribution in [0.2, 0.25) is 0 Å². The van der Waals surface area contributed by atoms with Gasteiger partial charge in [0.1, 0.15) is 11.5 Å². The number of nitro groups is 1. The molecule has 0 saturated heterocycles. The minimum atomic E-state index is -0.545. The molecule has 0 aliphatic carbocycles. The smallest absolute Gasteiger partial charge is 0.293 e. The Labute approximate surface area is 122 Å². The van der Waals surface area contributed by atoms with Crippen LogP contribution in [0.5, 0.6) is 0 Å². The van der Waals surface area contributed by atoms with Gasteiger partial charge >= 0.3 is 0 Å². The third-order valence-corrected chi connectivity index (χ3v) is 3.33. The van der Waals surface area contributed by atoms with Gasteiger partial charge in [0.25, 0.3) is 5.69 Å².